The summed E-state index contributed by atoms with van der Waals surface area (Å²) in [6, 6.07) is 3.24. The number of nitrogens with one attached hydrogen (secondary N) is 1. The number of hydrogen-bond donors (Lipinski definition) is 2. The van der Waals surface area contributed by atoms with Gasteiger partial charge in [0.2, 0.25) is 0 Å². The quantitative estimate of drug-likeness (QED) is 0.762. The van der Waals surface area contributed by atoms with E-state index in [4.69, 9.17) is 5.11 Å². The standard InChI is InChI=1S/C10H13N3O2/c1-7(14)2-3-8-6-10(15)13-9(12-8)4-5-11-13/h4-7,11,14H,2-3H2,1H3. The molecule has 0 spiro atoms. The number of aromatic amines is 1. The van der Waals surface area contributed by atoms with Crippen molar-refractivity contribution in [1.29, 1.82) is 0 Å². The van der Waals surface area contributed by atoms with Gasteiger partial charge in [-0.25, -0.2) is 9.50 Å². The molecule has 5 nitrogen and oxygen atoms in total. The maximum atomic E-state index is 11.5. The van der Waals surface area contributed by atoms with Crippen LogP contribution in [0, 0.1) is 0 Å². The molecule has 5 heteroatoms. The summed E-state index contributed by atoms with van der Waals surface area (Å²) in [6.07, 6.45) is 2.54. The molecule has 0 aliphatic carbocycles. The van der Waals surface area contributed by atoms with Crippen molar-refractivity contribution in [2.45, 2.75) is 25.9 Å². The number of nitrogens with zero attached hydrogens (tertiary/aromatic N) is 2. The van der Waals surface area contributed by atoms with Crippen LogP contribution in [0.1, 0.15) is 19.0 Å². The highest BCUT2D eigenvalue weighted by Gasteiger charge is 2.04. The van der Waals surface area contributed by atoms with E-state index < -0.39 is 0 Å². The molecule has 2 aromatic rings. The van der Waals surface area contributed by atoms with Crippen molar-refractivity contribution in [2.24, 2.45) is 0 Å². The number of hydrogen-bond acceptors (Lipinski definition) is 3. The Kier molecular flexibility index (Phi) is 2.55. The van der Waals surface area contributed by atoms with Gasteiger partial charge in [-0.1, -0.05) is 0 Å². The molecular weight excluding hydrogens is 194 g/mol. The Morgan fingerprint density at radius 1 is 1.67 bits per heavy atom. The van der Waals surface area contributed by atoms with Crippen molar-refractivity contribution >= 4 is 5.65 Å². The second kappa shape index (κ2) is 3.86. The van der Waals surface area contributed by atoms with Gasteiger partial charge in [-0.2, -0.15) is 0 Å². The first-order chi connectivity index (χ1) is 7.16. The minimum absolute atomic E-state index is 0.120. The van der Waals surface area contributed by atoms with Gasteiger partial charge in [0.1, 0.15) is 0 Å². The second-order valence-corrected chi connectivity index (χ2v) is 3.63. The van der Waals surface area contributed by atoms with Gasteiger partial charge in [0, 0.05) is 24.0 Å². The lowest BCUT2D eigenvalue weighted by atomic mass is 10.2. The fourth-order valence-electron chi connectivity index (χ4n) is 1.46. The average Bonchev–Trinajstić information content (AvgIpc) is 2.63. The van der Waals surface area contributed by atoms with Crippen LogP contribution in [0.15, 0.2) is 23.1 Å². The number of aliphatic hydroxyl groups is 1. The Hall–Kier alpha value is -1.62. The molecule has 0 aliphatic rings. The van der Waals surface area contributed by atoms with E-state index in [1.165, 1.54) is 10.6 Å². The average molecular weight is 207 g/mol. The van der Waals surface area contributed by atoms with Crippen molar-refractivity contribution in [3.63, 3.8) is 0 Å². The maximum Gasteiger partial charge on any atom is 0.272 e. The van der Waals surface area contributed by atoms with Gasteiger partial charge in [-0.3, -0.25) is 9.89 Å². The number of rotatable bonds is 3. The van der Waals surface area contributed by atoms with Gasteiger partial charge in [-0.15, -0.1) is 0 Å². The zero-order chi connectivity index (χ0) is 10.8. The first kappa shape index (κ1) is 9.92. The molecule has 15 heavy (non-hydrogen) atoms. The van der Waals surface area contributed by atoms with Gasteiger partial charge >= 0.3 is 0 Å². The molecular formula is C10H13N3O2. The monoisotopic (exact) mass is 207 g/mol. The van der Waals surface area contributed by atoms with Crippen molar-refractivity contribution in [1.82, 2.24) is 14.6 Å². The van der Waals surface area contributed by atoms with Crippen molar-refractivity contribution in [3.8, 4) is 0 Å². The van der Waals surface area contributed by atoms with E-state index >= 15 is 0 Å². The molecule has 2 N–H and O–H groups in total. The summed E-state index contributed by atoms with van der Waals surface area (Å²) < 4.78 is 1.38. The van der Waals surface area contributed by atoms with Gasteiger partial charge < -0.3 is 5.11 Å². The first-order valence-corrected chi connectivity index (χ1v) is 4.91. The van der Waals surface area contributed by atoms with Gasteiger partial charge in [-0.05, 0) is 19.8 Å². The highest BCUT2D eigenvalue weighted by Crippen LogP contribution is 2.02. The lowest BCUT2D eigenvalue weighted by molar-refractivity contribution is 0.184. The normalized spacial score (nSPS) is 13.2. The van der Waals surface area contributed by atoms with E-state index in [-0.39, 0.29) is 11.7 Å². The smallest absolute Gasteiger partial charge is 0.272 e. The molecule has 2 aromatic heterocycles. The van der Waals surface area contributed by atoms with Gasteiger partial charge in [0.25, 0.3) is 5.56 Å². The predicted octanol–water partition coefficient (Wildman–Crippen LogP) is 0.336. The fourth-order valence-corrected chi connectivity index (χ4v) is 1.46. The molecule has 0 aliphatic heterocycles. The Labute approximate surface area is 86.4 Å². The van der Waals surface area contributed by atoms with Crippen LogP contribution in [0.25, 0.3) is 5.65 Å². The van der Waals surface area contributed by atoms with E-state index in [0.717, 1.165) is 5.69 Å². The molecule has 2 rings (SSSR count). The molecule has 0 amide bonds. The highest BCUT2D eigenvalue weighted by molar-refractivity contribution is 5.36. The summed E-state index contributed by atoms with van der Waals surface area (Å²) in [5.74, 6) is 0. The minimum atomic E-state index is -0.364. The molecule has 0 saturated carbocycles. The largest absolute Gasteiger partial charge is 0.393 e. The molecule has 1 atom stereocenters. The molecule has 0 aromatic carbocycles. The fraction of sp³-hybridized carbons (Fsp3) is 0.400. The lowest BCUT2D eigenvalue weighted by Gasteiger charge is -2.03. The van der Waals surface area contributed by atoms with E-state index in [1.54, 1.807) is 19.2 Å². The topological polar surface area (TPSA) is 70.4 Å². The van der Waals surface area contributed by atoms with E-state index in [2.05, 4.69) is 10.1 Å². The van der Waals surface area contributed by atoms with Crippen LogP contribution in [-0.2, 0) is 6.42 Å². The van der Waals surface area contributed by atoms with Crippen molar-refractivity contribution in [3.05, 3.63) is 34.4 Å². The van der Waals surface area contributed by atoms with Crippen LogP contribution >= 0.6 is 0 Å². The third-order valence-electron chi connectivity index (χ3n) is 2.25. The summed E-state index contributed by atoms with van der Waals surface area (Å²) in [5.41, 5.74) is 1.22. The molecule has 2 heterocycles. The molecule has 0 fully saturated rings. The SMILES string of the molecule is CC(O)CCc1cc(=O)n2[nH]ccc2n1. The molecule has 0 saturated heterocycles. The number of fused-ring (bicyclic) bond motifs is 1. The Balaban J connectivity index is 2.33. The third kappa shape index (κ3) is 2.07. The number of H-pyrrole nitrogens is 1. The molecule has 0 radical (unpaired) electrons. The van der Waals surface area contributed by atoms with Crippen molar-refractivity contribution in [2.75, 3.05) is 0 Å². The minimum Gasteiger partial charge on any atom is -0.393 e. The maximum absolute atomic E-state index is 11.5. The summed E-state index contributed by atoms with van der Waals surface area (Å²) in [5, 5.41) is 11.9. The number of aromatic nitrogens is 3. The predicted molar refractivity (Wildman–Crippen MR) is 55.8 cm³/mol. The van der Waals surface area contributed by atoms with E-state index in [1.807, 2.05) is 0 Å². The van der Waals surface area contributed by atoms with Crippen LogP contribution in [0.2, 0.25) is 0 Å². The highest BCUT2D eigenvalue weighted by atomic mass is 16.3. The molecule has 80 valence electrons. The van der Waals surface area contributed by atoms with Crippen LogP contribution in [0.3, 0.4) is 0 Å². The van der Waals surface area contributed by atoms with Crippen LogP contribution in [0.4, 0.5) is 0 Å². The summed E-state index contributed by atoms with van der Waals surface area (Å²) in [4.78, 5) is 15.8. The molecule has 0 bridgehead atoms. The van der Waals surface area contributed by atoms with Crippen LogP contribution in [0.5, 0.6) is 0 Å². The zero-order valence-corrected chi connectivity index (χ0v) is 8.47. The Bertz CT molecular complexity index is 513. The summed E-state index contributed by atoms with van der Waals surface area (Å²) >= 11 is 0. The van der Waals surface area contributed by atoms with Crippen LogP contribution in [-0.4, -0.2) is 25.8 Å². The Morgan fingerprint density at radius 2 is 2.47 bits per heavy atom. The van der Waals surface area contributed by atoms with Crippen LogP contribution < -0.4 is 5.56 Å². The molecule has 1 unspecified atom stereocenters. The first-order valence-electron chi connectivity index (χ1n) is 4.91. The third-order valence-corrected chi connectivity index (χ3v) is 2.25. The van der Waals surface area contributed by atoms with Gasteiger partial charge in [0.15, 0.2) is 5.65 Å². The van der Waals surface area contributed by atoms with E-state index in [0.29, 0.717) is 18.5 Å². The lowest BCUT2D eigenvalue weighted by Crippen LogP contribution is -2.16. The Morgan fingerprint density at radius 3 is 3.20 bits per heavy atom. The number of aliphatic hydroxyl groups excluding tert-OH is 1. The van der Waals surface area contributed by atoms with Crippen molar-refractivity contribution < 1.29 is 5.11 Å². The van der Waals surface area contributed by atoms with E-state index in [9.17, 15) is 4.79 Å². The summed E-state index contributed by atoms with van der Waals surface area (Å²) in [7, 11) is 0. The zero-order valence-electron chi connectivity index (χ0n) is 8.47. The second-order valence-electron chi connectivity index (χ2n) is 3.63. The van der Waals surface area contributed by atoms with Gasteiger partial charge in [0.05, 0.1) is 6.10 Å². The summed E-state index contributed by atoms with van der Waals surface area (Å²) in [6.45, 7) is 1.72. The number of aryl methyl sites for hydroxylation is 1.